The largest absolute Gasteiger partial charge is 0.416 e. The third kappa shape index (κ3) is 6.32. The number of unbranched alkanes of at least 4 members (excludes halogenated alkanes) is 2. The number of nitrogens with one attached hydrogen (secondary N) is 1. The van der Waals surface area contributed by atoms with Gasteiger partial charge in [0.15, 0.2) is 0 Å². The van der Waals surface area contributed by atoms with Crippen LogP contribution >= 0.6 is 11.8 Å². The number of thioether (sulfide) groups is 1. The maximum Gasteiger partial charge on any atom is 0.416 e. The lowest BCUT2D eigenvalue weighted by molar-refractivity contribution is -0.137. The number of hydrogen-bond acceptors (Lipinski definition) is 2. The highest BCUT2D eigenvalue weighted by atomic mass is 32.2. The fraction of sp³-hybridized carbons (Fsp3) is 0.500. The van der Waals surface area contributed by atoms with Crippen molar-refractivity contribution < 1.29 is 18.0 Å². The number of amides is 1. The number of rotatable bonds is 7. The molecule has 0 atom stereocenters. The van der Waals surface area contributed by atoms with E-state index in [0.29, 0.717) is 11.4 Å². The van der Waals surface area contributed by atoms with Crippen LogP contribution in [0, 0.1) is 0 Å². The zero-order chi connectivity index (χ0) is 15.0. The van der Waals surface area contributed by atoms with Gasteiger partial charge in [-0.1, -0.05) is 25.8 Å². The molecule has 0 saturated heterocycles. The van der Waals surface area contributed by atoms with Gasteiger partial charge in [0.1, 0.15) is 0 Å². The third-order valence-electron chi connectivity index (χ3n) is 2.63. The molecule has 0 radical (unpaired) electrons. The molecule has 0 fully saturated rings. The summed E-state index contributed by atoms with van der Waals surface area (Å²) in [5.41, 5.74) is -0.689. The first-order chi connectivity index (χ1) is 9.43. The van der Waals surface area contributed by atoms with Gasteiger partial charge in [0.05, 0.1) is 11.3 Å². The fourth-order valence-electron chi connectivity index (χ4n) is 1.56. The van der Waals surface area contributed by atoms with Crippen molar-refractivity contribution in [2.24, 2.45) is 0 Å². The molecule has 0 aliphatic carbocycles. The molecule has 112 valence electrons. The molecule has 0 unspecified atom stereocenters. The molecule has 20 heavy (non-hydrogen) atoms. The third-order valence-corrected chi connectivity index (χ3v) is 3.63. The molecule has 0 bridgehead atoms. The zero-order valence-corrected chi connectivity index (χ0v) is 12.1. The van der Waals surface area contributed by atoms with Crippen molar-refractivity contribution >= 4 is 17.7 Å². The van der Waals surface area contributed by atoms with E-state index in [1.165, 1.54) is 6.07 Å². The summed E-state index contributed by atoms with van der Waals surface area (Å²) in [6.45, 7) is 2.70. The minimum atomic E-state index is -4.35. The van der Waals surface area contributed by atoms with Gasteiger partial charge in [0.25, 0.3) is 0 Å². The van der Waals surface area contributed by atoms with Gasteiger partial charge in [0.2, 0.25) is 5.91 Å². The lowest BCUT2D eigenvalue weighted by atomic mass is 10.2. The maximum atomic E-state index is 12.5. The van der Waals surface area contributed by atoms with Gasteiger partial charge in [-0.05, 0) is 24.6 Å². The van der Waals surface area contributed by atoms with Gasteiger partial charge in [0, 0.05) is 11.4 Å². The minimum Gasteiger partial charge on any atom is -0.355 e. The van der Waals surface area contributed by atoms with E-state index < -0.39 is 11.7 Å². The molecule has 0 spiro atoms. The van der Waals surface area contributed by atoms with Crippen LogP contribution in [0.2, 0.25) is 0 Å². The normalized spacial score (nSPS) is 11.4. The summed E-state index contributed by atoms with van der Waals surface area (Å²) in [5.74, 6) is -0.0171. The molecule has 6 heteroatoms. The molecule has 0 aliphatic heterocycles. The van der Waals surface area contributed by atoms with Crippen LogP contribution in [0.4, 0.5) is 13.2 Å². The number of carbonyl (C=O) groups excluding carboxylic acids is 1. The van der Waals surface area contributed by atoms with Crippen molar-refractivity contribution in [1.82, 2.24) is 5.32 Å². The number of benzene rings is 1. The second-order valence-corrected chi connectivity index (χ2v) is 5.42. The van der Waals surface area contributed by atoms with E-state index in [1.807, 2.05) is 0 Å². The molecular formula is C14H18F3NOS. The second-order valence-electron chi connectivity index (χ2n) is 4.37. The molecule has 1 rings (SSSR count). The van der Waals surface area contributed by atoms with E-state index in [-0.39, 0.29) is 11.7 Å². The first-order valence-electron chi connectivity index (χ1n) is 6.50. The minimum absolute atomic E-state index is 0.132. The lowest BCUT2D eigenvalue weighted by Crippen LogP contribution is -2.26. The molecule has 1 N–H and O–H groups in total. The molecule has 0 saturated carbocycles. The first-order valence-corrected chi connectivity index (χ1v) is 7.49. The molecule has 1 aromatic rings. The Bertz CT molecular complexity index is 435. The molecule has 0 heterocycles. The van der Waals surface area contributed by atoms with E-state index in [9.17, 15) is 18.0 Å². The average molecular weight is 305 g/mol. The molecular weight excluding hydrogens is 287 g/mol. The average Bonchev–Trinajstić information content (AvgIpc) is 2.41. The molecule has 2 nitrogen and oxygen atoms in total. The van der Waals surface area contributed by atoms with Crippen molar-refractivity contribution in [3.63, 3.8) is 0 Å². The Morgan fingerprint density at radius 1 is 1.30 bits per heavy atom. The summed E-state index contributed by atoms with van der Waals surface area (Å²) in [6.07, 6.45) is -1.29. The summed E-state index contributed by atoms with van der Waals surface area (Å²) in [7, 11) is 0. The van der Waals surface area contributed by atoms with E-state index in [4.69, 9.17) is 0 Å². The molecule has 0 aliphatic rings. The highest BCUT2D eigenvalue weighted by Gasteiger charge is 2.30. The fourth-order valence-corrected chi connectivity index (χ4v) is 2.35. The number of alkyl halides is 3. The summed E-state index contributed by atoms with van der Waals surface area (Å²) in [6, 6.07) is 5.01. The Morgan fingerprint density at radius 2 is 2.05 bits per heavy atom. The Hall–Kier alpha value is -1.17. The summed E-state index contributed by atoms with van der Waals surface area (Å²) >= 11 is 1.11. The van der Waals surface area contributed by atoms with E-state index in [2.05, 4.69) is 12.2 Å². The SMILES string of the molecule is CCCCCNC(=O)CSc1cccc(C(F)(F)F)c1. The van der Waals surface area contributed by atoms with Crippen molar-refractivity contribution in [3.05, 3.63) is 29.8 Å². The summed E-state index contributed by atoms with van der Waals surface area (Å²) < 4.78 is 37.6. The van der Waals surface area contributed by atoms with Crippen LogP contribution in [-0.4, -0.2) is 18.2 Å². The van der Waals surface area contributed by atoms with Crippen LogP contribution in [0.3, 0.4) is 0 Å². The lowest BCUT2D eigenvalue weighted by Gasteiger charge is -2.08. The Kier molecular flexibility index (Phi) is 6.91. The van der Waals surface area contributed by atoms with Gasteiger partial charge in [-0.15, -0.1) is 11.8 Å². The van der Waals surface area contributed by atoms with Crippen molar-refractivity contribution in [1.29, 1.82) is 0 Å². The van der Waals surface area contributed by atoms with Gasteiger partial charge >= 0.3 is 6.18 Å². The van der Waals surface area contributed by atoms with E-state index >= 15 is 0 Å². The quantitative estimate of drug-likeness (QED) is 0.607. The highest BCUT2D eigenvalue weighted by molar-refractivity contribution is 8.00. The standard InChI is InChI=1S/C14H18F3NOS/c1-2-3-4-8-18-13(19)10-20-12-7-5-6-11(9-12)14(15,16)17/h5-7,9H,2-4,8,10H2,1H3,(H,18,19). The Morgan fingerprint density at radius 3 is 2.70 bits per heavy atom. The van der Waals surface area contributed by atoms with E-state index in [0.717, 1.165) is 43.2 Å². The van der Waals surface area contributed by atoms with Crippen LogP contribution in [-0.2, 0) is 11.0 Å². The first kappa shape index (κ1) is 16.9. The van der Waals surface area contributed by atoms with Gasteiger partial charge < -0.3 is 5.32 Å². The van der Waals surface area contributed by atoms with Crippen LogP contribution in [0.15, 0.2) is 29.2 Å². The van der Waals surface area contributed by atoms with Crippen LogP contribution in [0.5, 0.6) is 0 Å². The van der Waals surface area contributed by atoms with Crippen LogP contribution in [0.1, 0.15) is 31.7 Å². The predicted molar refractivity (Wildman–Crippen MR) is 74.7 cm³/mol. The number of carbonyl (C=O) groups is 1. The topological polar surface area (TPSA) is 29.1 Å². The smallest absolute Gasteiger partial charge is 0.355 e. The number of hydrogen-bond donors (Lipinski definition) is 1. The van der Waals surface area contributed by atoms with Crippen LogP contribution < -0.4 is 5.32 Å². The second kappa shape index (κ2) is 8.19. The number of halogens is 3. The van der Waals surface area contributed by atoms with Crippen molar-refractivity contribution in [2.75, 3.05) is 12.3 Å². The van der Waals surface area contributed by atoms with Gasteiger partial charge in [-0.3, -0.25) is 4.79 Å². The Labute approximate surface area is 121 Å². The molecule has 1 amide bonds. The molecule has 0 aromatic heterocycles. The van der Waals surface area contributed by atoms with E-state index in [1.54, 1.807) is 6.07 Å². The monoisotopic (exact) mass is 305 g/mol. The summed E-state index contributed by atoms with van der Waals surface area (Å²) in [5, 5.41) is 2.75. The maximum absolute atomic E-state index is 12.5. The Balaban J connectivity index is 2.40. The molecule has 1 aromatic carbocycles. The zero-order valence-electron chi connectivity index (χ0n) is 11.3. The van der Waals surface area contributed by atoms with Crippen LogP contribution in [0.25, 0.3) is 0 Å². The van der Waals surface area contributed by atoms with Gasteiger partial charge in [-0.25, -0.2) is 0 Å². The van der Waals surface area contributed by atoms with Crippen molar-refractivity contribution in [2.45, 2.75) is 37.3 Å². The predicted octanol–water partition coefficient (Wildman–Crippen LogP) is 4.10. The highest BCUT2D eigenvalue weighted by Crippen LogP contribution is 2.31. The van der Waals surface area contributed by atoms with Crippen molar-refractivity contribution in [3.8, 4) is 0 Å². The summed E-state index contributed by atoms with van der Waals surface area (Å²) in [4.78, 5) is 12.0. The van der Waals surface area contributed by atoms with Gasteiger partial charge in [-0.2, -0.15) is 13.2 Å².